The summed E-state index contributed by atoms with van der Waals surface area (Å²) in [7, 11) is 1.66. The van der Waals surface area contributed by atoms with Crippen molar-refractivity contribution in [2.75, 3.05) is 20.3 Å². The summed E-state index contributed by atoms with van der Waals surface area (Å²) in [5.41, 5.74) is 3.73. The molecule has 0 heterocycles. The minimum Gasteiger partial charge on any atom is -0.383 e. The van der Waals surface area contributed by atoms with E-state index < -0.39 is 0 Å². The van der Waals surface area contributed by atoms with Gasteiger partial charge < -0.3 is 10.1 Å². The Balaban J connectivity index is 2.10. The van der Waals surface area contributed by atoms with Crippen LogP contribution >= 0.6 is 0 Å². The van der Waals surface area contributed by atoms with Crippen LogP contribution in [-0.2, 0) is 11.3 Å². The molecular weight excluding hydrogens is 252 g/mol. The van der Waals surface area contributed by atoms with E-state index in [0.717, 1.165) is 0 Å². The summed E-state index contributed by atoms with van der Waals surface area (Å²) < 4.78 is 4.97. The molecule has 0 aromatic heterocycles. The Morgan fingerprint density at radius 3 is 2.80 bits per heavy atom. The number of hydrogen-bond acceptors (Lipinski definition) is 3. The first-order valence-corrected chi connectivity index (χ1v) is 6.55. The lowest BCUT2D eigenvalue weighted by atomic mass is 10.1. The van der Waals surface area contributed by atoms with Gasteiger partial charge in [0.1, 0.15) is 0 Å². The maximum Gasteiger partial charge on any atom is 0.206 e. The maximum atomic E-state index is 5.45. The van der Waals surface area contributed by atoms with Gasteiger partial charge in [-0.3, -0.25) is 5.43 Å². The number of methoxy groups -OCH3 is 1. The van der Waals surface area contributed by atoms with Crippen LogP contribution < -0.4 is 16.6 Å². The second kappa shape index (κ2) is 7.47. The lowest BCUT2D eigenvalue weighted by Crippen LogP contribution is -2.42. The predicted molar refractivity (Wildman–Crippen MR) is 82.3 cm³/mol. The third kappa shape index (κ3) is 3.69. The van der Waals surface area contributed by atoms with Crippen molar-refractivity contribution >= 4 is 16.7 Å². The third-order valence-corrected chi connectivity index (χ3v) is 3.02. The Labute approximate surface area is 118 Å². The first-order chi connectivity index (χ1) is 9.85. The summed E-state index contributed by atoms with van der Waals surface area (Å²) in [6.45, 7) is 1.84. The largest absolute Gasteiger partial charge is 0.383 e. The van der Waals surface area contributed by atoms with Crippen LogP contribution in [0.2, 0.25) is 0 Å². The van der Waals surface area contributed by atoms with Gasteiger partial charge in [-0.25, -0.2) is 10.8 Å². The standard InChI is InChI=1S/C15H20N4O/c1-20-10-9-17-15(19-16)18-11-13-7-4-6-12-5-2-3-8-14(12)13/h2-8H,9-11,16H2,1H3,(H2,17,18,19). The first kappa shape index (κ1) is 14.3. The van der Waals surface area contributed by atoms with Crippen LogP contribution in [0.1, 0.15) is 5.56 Å². The zero-order chi connectivity index (χ0) is 14.2. The van der Waals surface area contributed by atoms with E-state index in [1.807, 2.05) is 18.2 Å². The van der Waals surface area contributed by atoms with Crippen LogP contribution in [0.3, 0.4) is 0 Å². The molecule has 0 saturated heterocycles. The van der Waals surface area contributed by atoms with Gasteiger partial charge in [-0.2, -0.15) is 0 Å². The van der Waals surface area contributed by atoms with E-state index in [-0.39, 0.29) is 0 Å². The lowest BCUT2D eigenvalue weighted by molar-refractivity contribution is 0.203. The van der Waals surface area contributed by atoms with Crippen molar-refractivity contribution in [3.8, 4) is 0 Å². The van der Waals surface area contributed by atoms with E-state index >= 15 is 0 Å². The molecule has 0 aliphatic rings. The lowest BCUT2D eigenvalue weighted by Gasteiger charge is -2.09. The number of hydrogen-bond donors (Lipinski definition) is 3. The van der Waals surface area contributed by atoms with Gasteiger partial charge in [-0.1, -0.05) is 42.5 Å². The van der Waals surface area contributed by atoms with Gasteiger partial charge in [-0.15, -0.1) is 0 Å². The number of benzene rings is 2. The number of nitrogens with zero attached hydrogens (tertiary/aromatic N) is 1. The van der Waals surface area contributed by atoms with Crippen molar-refractivity contribution < 1.29 is 4.74 Å². The monoisotopic (exact) mass is 272 g/mol. The first-order valence-electron chi connectivity index (χ1n) is 6.55. The minimum absolute atomic E-state index is 0.565. The van der Waals surface area contributed by atoms with E-state index in [4.69, 9.17) is 10.6 Å². The smallest absolute Gasteiger partial charge is 0.206 e. The average molecular weight is 272 g/mol. The number of hydrazine groups is 1. The zero-order valence-corrected chi connectivity index (χ0v) is 11.6. The topological polar surface area (TPSA) is 71.7 Å². The quantitative estimate of drug-likeness (QED) is 0.253. The fourth-order valence-electron chi connectivity index (χ4n) is 2.02. The van der Waals surface area contributed by atoms with Gasteiger partial charge in [0.05, 0.1) is 13.2 Å². The molecule has 0 aliphatic carbocycles. The molecule has 0 amide bonds. The third-order valence-electron chi connectivity index (χ3n) is 3.02. The Bertz CT molecular complexity index is 578. The average Bonchev–Trinajstić information content (AvgIpc) is 2.50. The number of nitrogens with two attached hydrogens (primary N) is 1. The van der Waals surface area contributed by atoms with Gasteiger partial charge in [0.15, 0.2) is 0 Å². The molecule has 2 aromatic rings. The zero-order valence-electron chi connectivity index (χ0n) is 11.6. The Hall–Kier alpha value is -2.11. The molecule has 0 bridgehead atoms. The number of fused-ring (bicyclic) bond motifs is 1. The molecule has 0 spiro atoms. The molecule has 0 saturated carbocycles. The molecule has 0 fully saturated rings. The van der Waals surface area contributed by atoms with E-state index in [9.17, 15) is 0 Å². The van der Waals surface area contributed by atoms with Crippen molar-refractivity contribution in [1.82, 2.24) is 10.7 Å². The van der Waals surface area contributed by atoms with Gasteiger partial charge in [0, 0.05) is 13.7 Å². The van der Waals surface area contributed by atoms with E-state index in [1.165, 1.54) is 16.3 Å². The second-order valence-corrected chi connectivity index (χ2v) is 4.37. The summed E-state index contributed by atoms with van der Waals surface area (Å²) in [5.74, 6) is 6.01. The minimum atomic E-state index is 0.565. The molecule has 5 nitrogen and oxygen atoms in total. The summed E-state index contributed by atoms with van der Waals surface area (Å²) >= 11 is 0. The van der Waals surface area contributed by atoms with E-state index in [0.29, 0.717) is 25.7 Å². The number of rotatable bonds is 5. The molecule has 0 aliphatic heterocycles. The van der Waals surface area contributed by atoms with Gasteiger partial charge in [0.25, 0.3) is 0 Å². The second-order valence-electron chi connectivity index (χ2n) is 4.37. The number of aliphatic imine (C=N–C) groups is 1. The molecular formula is C15H20N4O. The van der Waals surface area contributed by atoms with Crippen LogP contribution in [0.4, 0.5) is 0 Å². The highest BCUT2D eigenvalue weighted by atomic mass is 16.5. The van der Waals surface area contributed by atoms with Crippen LogP contribution in [0.15, 0.2) is 47.5 Å². The Morgan fingerprint density at radius 1 is 1.20 bits per heavy atom. The fraction of sp³-hybridized carbons (Fsp3) is 0.267. The van der Waals surface area contributed by atoms with Crippen molar-refractivity contribution in [3.63, 3.8) is 0 Å². The number of guanidine groups is 1. The summed E-state index contributed by atoms with van der Waals surface area (Å²) in [6.07, 6.45) is 0. The van der Waals surface area contributed by atoms with Crippen molar-refractivity contribution in [2.45, 2.75) is 6.54 Å². The highest BCUT2D eigenvalue weighted by Crippen LogP contribution is 2.18. The molecule has 5 heteroatoms. The van der Waals surface area contributed by atoms with E-state index in [2.05, 4.69) is 40.0 Å². The molecule has 2 rings (SSSR count). The highest BCUT2D eigenvalue weighted by Gasteiger charge is 2.00. The fourth-order valence-corrected chi connectivity index (χ4v) is 2.02. The van der Waals surface area contributed by atoms with Gasteiger partial charge >= 0.3 is 0 Å². The molecule has 2 aromatic carbocycles. The Morgan fingerprint density at radius 2 is 2.00 bits per heavy atom. The van der Waals surface area contributed by atoms with E-state index in [1.54, 1.807) is 7.11 Å². The number of nitrogens with one attached hydrogen (secondary N) is 2. The van der Waals surface area contributed by atoms with Crippen LogP contribution in [0.5, 0.6) is 0 Å². The molecule has 20 heavy (non-hydrogen) atoms. The maximum absolute atomic E-state index is 5.45. The van der Waals surface area contributed by atoms with Crippen molar-refractivity contribution in [2.24, 2.45) is 10.8 Å². The van der Waals surface area contributed by atoms with Gasteiger partial charge in [0.2, 0.25) is 5.96 Å². The molecule has 0 unspecified atom stereocenters. The molecule has 4 N–H and O–H groups in total. The highest BCUT2D eigenvalue weighted by molar-refractivity contribution is 5.86. The normalized spacial score (nSPS) is 11.6. The van der Waals surface area contributed by atoms with Crippen LogP contribution in [-0.4, -0.2) is 26.2 Å². The molecule has 0 radical (unpaired) electrons. The molecule has 0 atom stereocenters. The number of ether oxygens (including phenoxy) is 1. The summed E-state index contributed by atoms with van der Waals surface area (Å²) in [6, 6.07) is 14.5. The summed E-state index contributed by atoms with van der Waals surface area (Å²) in [5, 5.41) is 5.51. The summed E-state index contributed by atoms with van der Waals surface area (Å²) in [4.78, 5) is 4.45. The van der Waals surface area contributed by atoms with Gasteiger partial charge in [-0.05, 0) is 16.3 Å². The van der Waals surface area contributed by atoms with Crippen molar-refractivity contribution in [3.05, 3.63) is 48.0 Å². The SMILES string of the molecule is COCCNC(=NCc1cccc2ccccc12)NN. The predicted octanol–water partition coefficient (Wildman–Crippen LogP) is 1.40. The molecule has 106 valence electrons. The Kier molecular flexibility index (Phi) is 5.34. The van der Waals surface area contributed by atoms with Crippen LogP contribution in [0, 0.1) is 0 Å². The van der Waals surface area contributed by atoms with Crippen molar-refractivity contribution in [1.29, 1.82) is 0 Å². The van der Waals surface area contributed by atoms with Crippen LogP contribution in [0.25, 0.3) is 10.8 Å².